The summed E-state index contributed by atoms with van der Waals surface area (Å²) in [4.78, 5) is 0.0805. The summed E-state index contributed by atoms with van der Waals surface area (Å²) >= 11 is 5.61. The molecule has 0 aliphatic carbocycles. The van der Waals surface area contributed by atoms with Gasteiger partial charge in [0.15, 0.2) is 0 Å². The van der Waals surface area contributed by atoms with Gasteiger partial charge < -0.3 is 0 Å². The first-order valence-electron chi connectivity index (χ1n) is 3.79. The molecule has 0 fully saturated rings. The van der Waals surface area contributed by atoms with E-state index in [1.807, 2.05) is 0 Å². The molecule has 1 N–H and O–H groups in total. The van der Waals surface area contributed by atoms with E-state index < -0.39 is 10.0 Å². The molecule has 0 aliphatic heterocycles. The minimum atomic E-state index is -3.46. The third-order valence-electron chi connectivity index (χ3n) is 1.72. The third kappa shape index (κ3) is 2.00. The van der Waals surface area contributed by atoms with Crippen LogP contribution in [0.5, 0.6) is 0 Å². The molecule has 6 heteroatoms. The topological polar surface area (TPSA) is 61.2 Å². The largest absolute Gasteiger partial charge is 0.299 e. The van der Waals surface area contributed by atoms with Crippen LogP contribution in [-0.4, -0.2) is 26.8 Å². The van der Waals surface area contributed by atoms with Crippen molar-refractivity contribution in [1.29, 1.82) is 0 Å². The second-order valence-electron chi connectivity index (χ2n) is 2.93. The van der Waals surface area contributed by atoms with Crippen molar-refractivity contribution in [2.75, 3.05) is 14.1 Å². The molecule has 77 valence electrons. The van der Waals surface area contributed by atoms with Crippen molar-refractivity contribution >= 4 is 27.3 Å². The van der Waals surface area contributed by atoms with Crippen LogP contribution >= 0.6 is 11.6 Å². The highest BCUT2D eigenvalue weighted by Gasteiger charge is 2.17. The zero-order valence-corrected chi connectivity index (χ0v) is 9.35. The molecule has 1 radical (unpaired) electrons. The van der Waals surface area contributed by atoms with Gasteiger partial charge in [0.1, 0.15) is 0 Å². The molecule has 0 unspecified atom stereocenters. The Balaban J connectivity index is 3.29. The fourth-order valence-electron chi connectivity index (χ4n) is 0.876. The van der Waals surface area contributed by atoms with Gasteiger partial charge in [-0.1, -0.05) is 11.6 Å². The number of benzene rings is 1. The highest BCUT2D eigenvalue weighted by atomic mass is 35.5. The SMILES string of the molecule is CN(C)S(=O)(=O)c1ccc(Cl)c([NH])c1. The molecule has 0 saturated heterocycles. The Morgan fingerprint density at radius 1 is 1.36 bits per heavy atom. The number of nitrogens with zero attached hydrogens (tertiary/aromatic N) is 1. The lowest BCUT2D eigenvalue weighted by Crippen LogP contribution is -2.22. The van der Waals surface area contributed by atoms with Crippen molar-refractivity contribution in [1.82, 2.24) is 10.0 Å². The van der Waals surface area contributed by atoms with E-state index in [0.717, 1.165) is 4.31 Å². The van der Waals surface area contributed by atoms with Crippen LogP contribution in [0.25, 0.3) is 0 Å². The highest BCUT2D eigenvalue weighted by molar-refractivity contribution is 7.89. The number of halogens is 1. The van der Waals surface area contributed by atoms with E-state index in [4.69, 9.17) is 17.3 Å². The lowest BCUT2D eigenvalue weighted by molar-refractivity contribution is 0.521. The molecule has 0 bridgehead atoms. The molecule has 0 atom stereocenters. The van der Waals surface area contributed by atoms with Gasteiger partial charge in [-0.2, -0.15) is 0 Å². The first kappa shape index (κ1) is 11.3. The van der Waals surface area contributed by atoms with Crippen LogP contribution in [-0.2, 0) is 10.0 Å². The van der Waals surface area contributed by atoms with Crippen molar-refractivity contribution in [3.63, 3.8) is 0 Å². The first-order valence-corrected chi connectivity index (χ1v) is 5.61. The zero-order chi connectivity index (χ0) is 10.9. The van der Waals surface area contributed by atoms with Gasteiger partial charge in [-0.05, 0) is 18.2 Å². The lowest BCUT2D eigenvalue weighted by Gasteiger charge is -2.11. The Hall–Kier alpha value is -0.780. The average molecular weight is 234 g/mol. The maximum Gasteiger partial charge on any atom is 0.242 e. The van der Waals surface area contributed by atoms with Crippen molar-refractivity contribution in [2.45, 2.75) is 4.90 Å². The minimum absolute atomic E-state index is 0.00888. The smallest absolute Gasteiger partial charge is 0.242 e. The molecular formula is C8H10ClN2O2S. The Morgan fingerprint density at radius 2 is 1.93 bits per heavy atom. The molecule has 0 saturated carbocycles. The van der Waals surface area contributed by atoms with Crippen molar-refractivity contribution in [3.8, 4) is 0 Å². The molecule has 0 aromatic heterocycles. The summed E-state index contributed by atoms with van der Waals surface area (Å²) in [6.07, 6.45) is 0. The van der Waals surface area contributed by atoms with Gasteiger partial charge in [-0.15, -0.1) is 0 Å². The fourth-order valence-corrected chi connectivity index (χ4v) is 1.92. The second-order valence-corrected chi connectivity index (χ2v) is 5.49. The average Bonchev–Trinajstić information content (AvgIpc) is 2.09. The predicted molar refractivity (Wildman–Crippen MR) is 55.1 cm³/mol. The molecule has 0 amide bonds. The van der Waals surface area contributed by atoms with Crippen LogP contribution in [0.3, 0.4) is 0 Å². The van der Waals surface area contributed by atoms with Crippen molar-refractivity contribution in [3.05, 3.63) is 23.2 Å². The van der Waals surface area contributed by atoms with Gasteiger partial charge in [-0.25, -0.2) is 12.7 Å². The Morgan fingerprint density at radius 3 is 2.36 bits per heavy atom. The maximum atomic E-state index is 11.6. The summed E-state index contributed by atoms with van der Waals surface area (Å²) in [5.74, 6) is 0. The molecule has 0 heterocycles. The van der Waals surface area contributed by atoms with Crippen LogP contribution in [0.2, 0.25) is 5.02 Å². The van der Waals surface area contributed by atoms with Gasteiger partial charge >= 0.3 is 0 Å². The van der Waals surface area contributed by atoms with Crippen LogP contribution in [0.15, 0.2) is 23.1 Å². The summed E-state index contributed by atoms with van der Waals surface area (Å²) in [6.45, 7) is 0. The van der Waals surface area contributed by atoms with Gasteiger partial charge in [-0.3, -0.25) is 5.73 Å². The highest BCUT2D eigenvalue weighted by Crippen LogP contribution is 2.24. The predicted octanol–water partition coefficient (Wildman–Crippen LogP) is 1.50. The number of rotatable bonds is 2. The van der Waals surface area contributed by atoms with E-state index in [1.165, 1.54) is 32.3 Å². The van der Waals surface area contributed by atoms with E-state index >= 15 is 0 Å². The third-order valence-corrected chi connectivity index (χ3v) is 3.86. The standard InChI is InChI=1S/C8H10ClN2O2S/c1-11(2)14(12,13)6-3-4-7(9)8(10)5-6/h3-5,10H,1-2H3. The first-order chi connectivity index (χ1) is 6.35. The molecule has 0 aliphatic rings. The molecular weight excluding hydrogens is 224 g/mol. The van der Waals surface area contributed by atoms with E-state index in [-0.39, 0.29) is 15.6 Å². The van der Waals surface area contributed by atoms with Crippen molar-refractivity contribution in [2.24, 2.45) is 0 Å². The van der Waals surface area contributed by atoms with Gasteiger partial charge in [0, 0.05) is 14.1 Å². The summed E-state index contributed by atoms with van der Waals surface area (Å²) in [7, 11) is -0.585. The van der Waals surface area contributed by atoms with Gasteiger partial charge in [0.25, 0.3) is 0 Å². The van der Waals surface area contributed by atoms with Crippen LogP contribution in [0.4, 0.5) is 5.69 Å². The molecule has 14 heavy (non-hydrogen) atoms. The van der Waals surface area contributed by atoms with Gasteiger partial charge in [0.05, 0.1) is 15.6 Å². The fraction of sp³-hybridized carbons (Fsp3) is 0.250. The monoisotopic (exact) mass is 233 g/mol. The number of hydrogen-bond donors (Lipinski definition) is 0. The molecule has 1 aromatic carbocycles. The summed E-state index contributed by atoms with van der Waals surface area (Å²) in [5, 5.41) is 0.239. The zero-order valence-electron chi connectivity index (χ0n) is 7.78. The van der Waals surface area contributed by atoms with E-state index in [2.05, 4.69) is 0 Å². The van der Waals surface area contributed by atoms with Crippen molar-refractivity contribution < 1.29 is 8.42 Å². The molecule has 0 spiro atoms. The van der Waals surface area contributed by atoms with Crippen LogP contribution < -0.4 is 5.73 Å². The second kappa shape index (κ2) is 3.76. The minimum Gasteiger partial charge on any atom is -0.299 e. The number of sulfonamides is 1. The van der Waals surface area contributed by atoms with E-state index in [9.17, 15) is 8.42 Å². The maximum absolute atomic E-state index is 11.6. The number of nitrogens with one attached hydrogen (secondary N) is 1. The summed E-state index contributed by atoms with van der Waals surface area (Å²) in [6, 6.07) is 4.02. The van der Waals surface area contributed by atoms with Gasteiger partial charge in [0.2, 0.25) is 10.0 Å². The summed E-state index contributed by atoms with van der Waals surface area (Å²) < 4.78 is 24.3. The Kier molecular flexibility index (Phi) is 3.04. The van der Waals surface area contributed by atoms with Crippen LogP contribution in [0, 0.1) is 0 Å². The molecule has 1 rings (SSSR count). The Bertz CT molecular complexity index is 443. The van der Waals surface area contributed by atoms with E-state index in [1.54, 1.807) is 0 Å². The quantitative estimate of drug-likeness (QED) is 0.777. The molecule has 1 aromatic rings. The Labute approximate surface area is 88.3 Å². The van der Waals surface area contributed by atoms with E-state index in [0.29, 0.717) is 0 Å². The lowest BCUT2D eigenvalue weighted by atomic mass is 10.3. The normalized spacial score (nSPS) is 12.0. The number of hydrogen-bond acceptors (Lipinski definition) is 2. The molecule has 4 nitrogen and oxygen atoms in total. The van der Waals surface area contributed by atoms with Crippen LogP contribution in [0.1, 0.15) is 0 Å². The summed E-state index contributed by atoms with van der Waals surface area (Å²) in [5.41, 5.74) is 7.38.